The maximum atomic E-state index is 11.0. The summed E-state index contributed by atoms with van der Waals surface area (Å²) < 4.78 is 1.37. The Balaban J connectivity index is 2.79. The molecule has 0 aliphatic heterocycles. The quantitative estimate of drug-likeness (QED) is 0.598. The van der Waals surface area contributed by atoms with Crippen molar-refractivity contribution in [2.24, 2.45) is 0 Å². The molecule has 0 fully saturated rings. The van der Waals surface area contributed by atoms with Crippen LogP contribution in [0.3, 0.4) is 0 Å². The van der Waals surface area contributed by atoms with E-state index in [-0.39, 0.29) is 5.78 Å². The third kappa shape index (κ3) is 1.52. The maximum absolute atomic E-state index is 11.0. The van der Waals surface area contributed by atoms with Gasteiger partial charge in [0.25, 0.3) is 0 Å². The topological polar surface area (TPSA) is 47.8 Å². The molecule has 0 atom stereocenters. The van der Waals surface area contributed by atoms with Gasteiger partial charge in [-0.3, -0.25) is 4.79 Å². The molecule has 0 radical (unpaired) electrons. The number of rotatable bonds is 3. The summed E-state index contributed by atoms with van der Waals surface area (Å²) in [6, 6.07) is 0. The molecule has 0 saturated heterocycles. The van der Waals surface area contributed by atoms with Crippen LogP contribution in [0.15, 0.2) is 19.2 Å². The molecule has 1 heterocycles. The number of allylic oxidation sites excluding steroid dienone is 1. The van der Waals surface area contributed by atoms with Crippen LogP contribution in [0.25, 0.3) is 5.70 Å². The first-order valence-electron chi connectivity index (χ1n) is 3.32. The summed E-state index contributed by atoms with van der Waals surface area (Å²) in [5.41, 5.74) is 0.366. The summed E-state index contributed by atoms with van der Waals surface area (Å²) in [6.45, 7) is 5.36. The van der Waals surface area contributed by atoms with Crippen molar-refractivity contribution in [2.45, 2.75) is 13.3 Å². The van der Waals surface area contributed by atoms with E-state index in [0.29, 0.717) is 12.1 Å². The van der Waals surface area contributed by atoms with Crippen LogP contribution in [-0.2, 0) is 4.79 Å². The monoisotopic (exact) mass is 151 g/mol. The SMILES string of the molecule is C=C(C(=O)CC)n1cncn1. The van der Waals surface area contributed by atoms with Gasteiger partial charge < -0.3 is 0 Å². The predicted octanol–water partition coefficient (Wildman–Crippen LogP) is 0.728. The molecule has 11 heavy (non-hydrogen) atoms. The number of hydrogen-bond donors (Lipinski definition) is 0. The number of ketones is 1. The lowest BCUT2D eigenvalue weighted by Crippen LogP contribution is -2.06. The Morgan fingerprint density at radius 1 is 1.73 bits per heavy atom. The second kappa shape index (κ2) is 3.09. The molecule has 0 unspecified atom stereocenters. The third-order valence-corrected chi connectivity index (χ3v) is 1.34. The van der Waals surface area contributed by atoms with Gasteiger partial charge in [0.2, 0.25) is 0 Å². The van der Waals surface area contributed by atoms with Crippen molar-refractivity contribution in [3.63, 3.8) is 0 Å². The molecule has 1 rings (SSSR count). The lowest BCUT2D eigenvalue weighted by Gasteiger charge is -1.99. The molecular weight excluding hydrogens is 142 g/mol. The van der Waals surface area contributed by atoms with Crippen LogP contribution in [0.4, 0.5) is 0 Å². The Morgan fingerprint density at radius 2 is 2.45 bits per heavy atom. The van der Waals surface area contributed by atoms with Crippen LogP contribution >= 0.6 is 0 Å². The Bertz CT molecular complexity index is 263. The van der Waals surface area contributed by atoms with Crippen molar-refractivity contribution in [3.05, 3.63) is 19.2 Å². The second-order valence-corrected chi connectivity index (χ2v) is 2.06. The summed E-state index contributed by atoms with van der Waals surface area (Å²) in [5, 5.41) is 3.77. The van der Waals surface area contributed by atoms with E-state index >= 15 is 0 Å². The van der Waals surface area contributed by atoms with E-state index in [4.69, 9.17) is 0 Å². The summed E-state index contributed by atoms with van der Waals surface area (Å²) in [6.07, 6.45) is 3.27. The van der Waals surface area contributed by atoms with E-state index in [9.17, 15) is 4.79 Å². The first-order valence-corrected chi connectivity index (χ1v) is 3.32. The van der Waals surface area contributed by atoms with Crippen molar-refractivity contribution in [1.29, 1.82) is 0 Å². The van der Waals surface area contributed by atoms with Gasteiger partial charge in [0.1, 0.15) is 18.4 Å². The summed E-state index contributed by atoms with van der Waals surface area (Å²) in [4.78, 5) is 14.7. The van der Waals surface area contributed by atoms with Crippen molar-refractivity contribution in [1.82, 2.24) is 14.8 Å². The van der Waals surface area contributed by atoms with Crippen LogP contribution in [0.5, 0.6) is 0 Å². The van der Waals surface area contributed by atoms with Crippen LogP contribution < -0.4 is 0 Å². The Kier molecular flexibility index (Phi) is 2.15. The largest absolute Gasteiger partial charge is 0.292 e. The highest BCUT2D eigenvalue weighted by Crippen LogP contribution is 2.01. The van der Waals surface area contributed by atoms with Crippen molar-refractivity contribution in [2.75, 3.05) is 0 Å². The van der Waals surface area contributed by atoms with Crippen LogP contribution in [0.1, 0.15) is 13.3 Å². The van der Waals surface area contributed by atoms with Crippen LogP contribution in [-0.4, -0.2) is 20.5 Å². The molecule has 0 N–H and O–H groups in total. The minimum Gasteiger partial charge on any atom is -0.292 e. The zero-order valence-electron chi connectivity index (χ0n) is 6.32. The molecule has 0 amide bonds. The molecule has 0 aromatic carbocycles. The molecule has 0 aliphatic carbocycles. The van der Waals surface area contributed by atoms with Gasteiger partial charge in [-0.1, -0.05) is 13.5 Å². The summed E-state index contributed by atoms with van der Waals surface area (Å²) in [5.74, 6) is -0.0181. The molecule has 58 valence electrons. The van der Waals surface area contributed by atoms with Gasteiger partial charge in [0.15, 0.2) is 5.78 Å². The molecule has 0 bridgehead atoms. The fraction of sp³-hybridized carbons (Fsp3) is 0.286. The number of nitrogens with zero attached hydrogens (tertiary/aromatic N) is 3. The zero-order valence-corrected chi connectivity index (χ0v) is 6.32. The lowest BCUT2D eigenvalue weighted by atomic mass is 10.2. The molecular formula is C7H9N3O. The minimum atomic E-state index is -0.0181. The number of hydrogen-bond acceptors (Lipinski definition) is 3. The molecule has 4 nitrogen and oxygen atoms in total. The number of aromatic nitrogens is 3. The Hall–Kier alpha value is -1.45. The summed E-state index contributed by atoms with van der Waals surface area (Å²) in [7, 11) is 0. The van der Waals surface area contributed by atoms with E-state index < -0.39 is 0 Å². The average Bonchev–Trinajstić information content (AvgIpc) is 2.53. The van der Waals surface area contributed by atoms with Gasteiger partial charge in [-0.05, 0) is 0 Å². The predicted molar refractivity (Wildman–Crippen MR) is 40.7 cm³/mol. The Morgan fingerprint density at radius 3 is 2.91 bits per heavy atom. The fourth-order valence-corrected chi connectivity index (χ4v) is 0.679. The molecule has 0 aliphatic rings. The molecule has 0 spiro atoms. The van der Waals surface area contributed by atoms with Gasteiger partial charge in [-0.25, -0.2) is 9.67 Å². The lowest BCUT2D eigenvalue weighted by molar-refractivity contribution is -0.113. The molecule has 0 saturated carbocycles. The van der Waals surface area contributed by atoms with E-state index in [1.54, 1.807) is 6.92 Å². The van der Waals surface area contributed by atoms with Gasteiger partial charge in [-0.2, -0.15) is 5.10 Å². The highest BCUT2D eigenvalue weighted by Gasteiger charge is 2.05. The Labute approximate surface area is 64.6 Å². The van der Waals surface area contributed by atoms with Gasteiger partial charge in [0.05, 0.1) is 0 Å². The molecule has 1 aromatic rings. The van der Waals surface area contributed by atoms with Crippen molar-refractivity contribution in [3.8, 4) is 0 Å². The zero-order chi connectivity index (χ0) is 8.27. The van der Waals surface area contributed by atoms with Crippen molar-refractivity contribution >= 4 is 11.5 Å². The first-order chi connectivity index (χ1) is 5.25. The molecule has 4 heteroatoms. The van der Waals surface area contributed by atoms with E-state index in [2.05, 4.69) is 16.7 Å². The van der Waals surface area contributed by atoms with Gasteiger partial charge in [0, 0.05) is 6.42 Å². The van der Waals surface area contributed by atoms with Crippen LogP contribution in [0, 0.1) is 0 Å². The third-order valence-electron chi connectivity index (χ3n) is 1.34. The minimum absolute atomic E-state index is 0.0181. The highest BCUT2D eigenvalue weighted by molar-refractivity contribution is 6.13. The van der Waals surface area contributed by atoms with Gasteiger partial charge >= 0.3 is 0 Å². The molecule has 1 aromatic heterocycles. The van der Waals surface area contributed by atoms with Crippen molar-refractivity contribution < 1.29 is 4.79 Å². The highest BCUT2D eigenvalue weighted by atomic mass is 16.1. The second-order valence-electron chi connectivity index (χ2n) is 2.06. The van der Waals surface area contributed by atoms with E-state index in [0.717, 1.165) is 0 Å². The maximum Gasteiger partial charge on any atom is 0.180 e. The van der Waals surface area contributed by atoms with E-state index in [1.165, 1.54) is 17.3 Å². The van der Waals surface area contributed by atoms with E-state index in [1.807, 2.05) is 0 Å². The normalized spacial score (nSPS) is 9.55. The summed E-state index contributed by atoms with van der Waals surface area (Å²) >= 11 is 0. The number of carbonyl (C=O) groups excluding carboxylic acids is 1. The smallest absolute Gasteiger partial charge is 0.180 e. The fourth-order valence-electron chi connectivity index (χ4n) is 0.679. The first kappa shape index (κ1) is 7.65. The van der Waals surface area contributed by atoms with Crippen LogP contribution in [0.2, 0.25) is 0 Å². The standard InChI is InChI=1S/C7H9N3O/c1-3-7(11)6(2)10-5-8-4-9-10/h4-5H,2-3H2,1H3. The number of carbonyl (C=O) groups is 1. The number of Topliss-reactive ketones (excluding diaryl/α,β-unsaturated/α-hetero) is 1. The van der Waals surface area contributed by atoms with Gasteiger partial charge in [-0.15, -0.1) is 0 Å². The average molecular weight is 151 g/mol.